The van der Waals surface area contributed by atoms with E-state index in [0.29, 0.717) is 5.92 Å². The molecule has 0 spiro atoms. The number of H-pyrrole nitrogens is 1. The molecule has 1 heterocycles. The van der Waals surface area contributed by atoms with Gasteiger partial charge in [-0.3, -0.25) is 0 Å². The Kier molecular flexibility index (Phi) is 1.39. The smallest absolute Gasteiger partial charge is 0.0931 e. The summed E-state index contributed by atoms with van der Waals surface area (Å²) in [5, 5.41) is 0. The number of hydrogen-bond donors (Lipinski definition) is 1. The fraction of sp³-hybridized carbons (Fsp3) is 0.222. The highest BCUT2D eigenvalue weighted by Gasteiger charge is 2.02. The predicted octanol–water partition coefficient (Wildman–Crippen LogP) is 2.09. The molecule has 0 saturated carbocycles. The van der Waals surface area contributed by atoms with Gasteiger partial charge in [0.2, 0.25) is 0 Å². The molecule has 1 aliphatic rings. The van der Waals surface area contributed by atoms with Crippen LogP contribution in [0, 0.1) is 5.92 Å². The fourth-order valence-electron chi connectivity index (χ4n) is 1.14. The van der Waals surface area contributed by atoms with Crippen molar-refractivity contribution < 1.29 is 0 Å². The van der Waals surface area contributed by atoms with Gasteiger partial charge in [-0.15, -0.1) is 0 Å². The van der Waals surface area contributed by atoms with Gasteiger partial charge in [-0.05, 0) is 18.1 Å². The van der Waals surface area contributed by atoms with E-state index in [2.05, 4.69) is 41.2 Å². The van der Waals surface area contributed by atoms with Gasteiger partial charge in [-0.1, -0.05) is 19.1 Å². The van der Waals surface area contributed by atoms with E-state index < -0.39 is 0 Å². The zero-order valence-electron chi connectivity index (χ0n) is 6.41. The third kappa shape index (κ3) is 1.11. The summed E-state index contributed by atoms with van der Waals surface area (Å²) in [5.41, 5.74) is 2.14. The van der Waals surface area contributed by atoms with Crippen LogP contribution in [0.15, 0.2) is 18.5 Å². The summed E-state index contributed by atoms with van der Waals surface area (Å²) in [6, 6.07) is 0. The zero-order valence-corrected chi connectivity index (χ0v) is 6.41. The Bertz CT molecular complexity index is 279. The van der Waals surface area contributed by atoms with Crippen molar-refractivity contribution >= 4 is 12.2 Å². The molecule has 1 aromatic rings. The van der Waals surface area contributed by atoms with Crippen molar-refractivity contribution in [2.45, 2.75) is 6.92 Å². The molecule has 0 saturated heterocycles. The second-order valence-electron chi connectivity index (χ2n) is 2.78. The van der Waals surface area contributed by atoms with E-state index in [1.54, 1.807) is 6.33 Å². The van der Waals surface area contributed by atoms with Gasteiger partial charge in [0.25, 0.3) is 0 Å². The average molecular weight is 146 g/mol. The lowest BCUT2D eigenvalue weighted by Gasteiger charge is -1.91. The molecule has 56 valence electrons. The Morgan fingerprint density at radius 3 is 3.09 bits per heavy atom. The van der Waals surface area contributed by atoms with E-state index in [9.17, 15) is 0 Å². The van der Waals surface area contributed by atoms with Gasteiger partial charge in [-0.25, -0.2) is 4.98 Å². The predicted molar refractivity (Wildman–Crippen MR) is 45.8 cm³/mol. The van der Waals surface area contributed by atoms with Crippen LogP contribution < -0.4 is 0 Å². The number of nitrogens with one attached hydrogen (secondary N) is 1. The summed E-state index contributed by atoms with van der Waals surface area (Å²) in [7, 11) is 0. The Balaban J connectivity index is 2.48. The van der Waals surface area contributed by atoms with E-state index in [0.717, 1.165) is 11.4 Å². The Labute approximate surface area is 65.7 Å². The summed E-state index contributed by atoms with van der Waals surface area (Å²) in [6.45, 7) is 2.15. The molecule has 0 bridgehead atoms. The van der Waals surface area contributed by atoms with Crippen molar-refractivity contribution in [2.75, 3.05) is 0 Å². The third-order valence-corrected chi connectivity index (χ3v) is 1.82. The minimum absolute atomic E-state index is 0.512. The highest BCUT2D eigenvalue weighted by atomic mass is 14.9. The zero-order chi connectivity index (χ0) is 7.68. The van der Waals surface area contributed by atoms with Crippen LogP contribution in [0.1, 0.15) is 18.3 Å². The minimum atomic E-state index is 0.512. The molecule has 1 N–H and O–H groups in total. The normalized spacial score (nSPS) is 16.5. The van der Waals surface area contributed by atoms with Gasteiger partial charge in [-0.2, -0.15) is 0 Å². The summed E-state index contributed by atoms with van der Waals surface area (Å²) in [4.78, 5) is 7.23. The first-order chi connectivity index (χ1) is 5.36. The Morgan fingerprint density at radius 2 is 2.18 bits per heavy atom. The molecular formula is C9H10N2. The Morgan fingerprint density at radius 1 is 1.36 bits per heavy atom. The SMILES string of the molecule is CC1C=Cc2nc[nH]c2C=C1. The summed E-state index contributed by atoms with van der Waals surface area (Å²) < 4.78 is 0. The molecule has 0 amide bonds. The van der Waals surface area contributed by atoms with E-state index in [1.165, 1.54) is 0 Å². The van der Waals surface area contributed by atoms with Crippen molar-refractivity contribution in [1.82, 2.24) is 9.97 Å². The molecule has 0 radical (unpaired) electrons. The van der Waals surface area contributed by atoms with E-state index in [4.69, 9.17) is 0 Å². The minimum Gasteiger partial charge on any atom is -0.345 e. The molecule has 2 heteroatoms. The first-order valence-electron chi connectivity index (χ1n) is 3.76. The van der Waals surface area contributed by atoms with Gasteiger partial charge >= 0.3 is 0 Å². The molecule has 1 aromatic heterocycles. The van der Waals surface area contributed by atoms with E-state index >= 15 is 0 Å². The second kappa shape index (κ2) is 2.38. The van der Waals surface area contributed by atoms with Gasteiger partial charge in [0.1, 0.15) is 0 Å². The molecule has 2 rings (SSSR count). The van der Waals surface area contributed by atoms with Crippen molar-refractivity contribution in [1.29, 1.82) is 0 Å². The molecular weight excluding hydrogens is 136 g/mol. The highest BCUT2D eigenvalue weighted by molar-refractivity contribution is 5.62. The van der Waals surface area contributed by atoms with Gasteiger partial charge in [0.05, 0.1) is 17.7 Å². The van der Waals surface area contributed by atoms with Crippen molar-refractivity contribution in [3.05, 3.63) is 29.9 Å². The van der Waals surface area contributed by atoms with Gasteiger partial charge < -0.3 is 4.98 Å². The highest BCUT2D eigenvalue weighted by Crippen LogP contribution is 2.15. The molecule has 0 fully saturated rings. The molecule has 0 aromatic carbocycles. The maximum Gasteiger partial charge on any atom is 0.0931 e. The molecule has 2 nitrogen and oxygen atoms in total. The van der Waals surface area contributed by atoms with Crippen LogP contribution in [0.4, 0.5) is 0 Å². The molecule has 1 atom stereocenters. The summed E-state index contributed by atoms with van der Waals surface area (Å²) in [5.74, 6) is 0.512. The number of aromatic amines is 1. The number of hydrogen-bond acceptors (Lipinski definition) is 1. The first kappa shape index (κ1) is 6.40. The van der Waals surface area contributed by atoms with Crippen LogP contribution in [0.5, 0.6) is 0 Å². The van der Waals surface area contributed by atoms with E-state index in [1.807, 2.05) is 0 Å². The molecule has 1 aliphatic carbocycles. The fourth-order valence-corrected chi connectivity index (χ4v) is 1.14. The number of allylic oxidation sites excluding steroid dienone is 2. The maximum absolute atomic E-state index is 4.16. The topological polar surface area (TPSA) is 28.7 Å². The van der Waals surface area contributed by atoms with Crippen molar-refractivity contribution in [3.63, 3.8) is 0 Å². The monoisotopic (exact) mass is 146 g/mol. The molecule has 0 aliphatic heterocycles. The number of fused-ring (bicyclic) bond motifs is 1. The lowest BCUT2D eigenvalue weighted by Crippen LogP contribution is -1.77. The quantitative estimate of drug-likeness (QED) is 0.596. The lowest BCUT2D eigenvalue weighted by molar-refractivity contribution is 0.953. The van der Waals surface area contributed by atoms with Crippen LogP contribution >= 0.6 is 0 Å². The average Bonchev–Trinajstić information content (AvgIpc) is 2.38. The number of aromatic nitrogens is 2. The largest absolute Gasteiger partial charge is 0.345 e. The Hall–Kier alpha value is -1.31. The molecule has 1 unspecified atom stereocenters. The van der Waals surface area contributed by atoms with Crippen LogP contribution in [-0.2, 0) is 0 Å². The summed E-state index contributed by atoms with van der Waals surface area (Å²) >= 11 is 0. The maximum atomic E-state index is 4.16. The van der Waals surface area contributed by atoms with E-state index in [-0.39, 0.29) is 0 Å². The standard InChI is InChI=1S/C9H10N2/c1-7-2-4-8-9(5-3-7)11-6-10-8/h2-7H,1H3,(H,10,11). The van der Waals surface area contributed by atoms with Crippen LogP contribution in [0.25, 0.3) is 12.2 Å². The van der Waals surface area contributed by atoms with Gasteiger partial charge in [0, 0.05) is 0 Å². The second-order valence-corrected chi connectivity index (χ2v) is 2.78. The van der Waals surface area contributed by atoms with Crippen molar-refractivity contribution in [2.24, 2.45) is 5.92 Å². The van der Waals surface area contributed by atoms with Gasteiger partial charge in [0.15, 0.2) is 0 Å². The van der Waals surface area contributed by atoms with Crippen LogP contribution in [0.3, 0.4) is 0 Å². The van der Waals surface area contributed by atoms with Crippen LogP contribution in [-0.4, -0.2) is 9.97 Å². The molecule has 11 heavy (non-hydrogen) atoms. The number of nitrogens with zero attached hydrogens (tertiary/aromatic N) is 1. The lowest BCUT2D eigenvalue weighted by atomic mass is 10.2. The number of rotatable bonds is 0. The van der Waals surface area contributed by atoms with Crippen LogP contribution in [0.2, 0.25) is 0 Å². The van der Waals surface area contributed by atoms with Crippen molar-refractivity contribution in [3.8, 4) is 0 Å². The third-order valence-electron chi connectivity index (χ3n) is 1.82. The number of imidazole rings is 1. The summed E-state index contributed by atoms with van der Waals surface area (Å²) in [6.07, 6.45) is 10.1. The first-order valence-corrected chi connectivity index (χ1v) is 3.76.